The van der Waals surface area contributed by atoms with Gasteiger partial charge in [0.1, 0.15) is 11.6 Å². The third-order valence-corrected chi connectivity index (χ3v) is 2.44. The van der Waals surface area contributed by atoms with Crippen LogP contribution >= 0.6 is 0 Å². The molecule has 1 aromatic heterocycles. The van der Waals surface area contributed by atoms with Gasteiger partial charge in [0.2, 0.25) is 0 Å². The van der Waals surface area contributed by atoms with Crippen molar-refractivity contribution in [3.8, 4) is 0 Å². The van der Waals surface area contributed by atoms with Gasteiger partial charge in [0.25, 0.3) is 5.91 Å². The maximum atomic E-state index is 13.5. The summed E-state index contributed by atoms with van der Waals surface area (Å²) in [5, 5.41) is 8.86. The number of hydrogen-bond donors (Lipinski definition) is 2. The number of carbonyl (C=O) groups excluding carboxylic acids is 1. The van der Waals surface area contributed by atoms with Gasteiger partial charge in [-0.3, -0.25) is 9.89 Å². The average molecular weight is 251 g/mol. The third-order valence-electron chi connectivity index (χ3n) is 2.44. The largest absolute Gasteiger partial charge is 0.305 e. The van der Waals surface area contributed by atoms with Crippen LogP contribution in [0.3, 0.4) is 0 Å². The van der Waals surface area contributed by atoms with E-state index in [0.29, 0.717) is 11.9 Å². The highest BCUT2D eigenvalue weighted by Gasteiger charge is 2.15. The summed E-state index contributed by atoms with van der Waals surface area (Å²) in [6.45, 7) is 3.23. The number of amides is 1. The lowest BCUT2D eigenvalue weighted by Gasteiger charge is -2.05. The van der Waals surface area contributed by atoms with Crippen LogP contribution in [-0.2, 0) is 0 Å². The monoisotopic (exact) mass is 251 g/mol. The lowest BCUT2D eigenvalue weighted by molar-refractivity contribution is 0.102. The Morgan fingerprint density at radius 3 is 2.56 bits per heavy atom. The van der Waals surface area contributed by atoms with Crippen molar-refractivity contribution >= 4 is 11.7 Å². The second-order valence-electron chi connectivity index (χ2n) is 3.97. The fourth-order valence-electron chi connectivity index (χ4n) is 1.50. The molecule has 1 aromatic carbocycles. The molecule has 4 nitrogen and oxygen atoms in total. The van der Waals surface area contributed by atoms with Gasteiger partial charge in [-0.2, -0.15) is 5.10 Å². The summed E-state index contributed by atoms with van der Waals surface area (Å²) in [6, 6.07) is 3.46. The van der Waals surface area contributed by atoms with Crippen molar-refractivity contribution in [3.05, 3.63) is 46.7 Å². The average Bonchev–Trinajstić information content (AvgIpc) is 2.69. The third kappa shape index (κ3) is 2.37. The highest BCUT2D eigenvalue weighted by molar-refractivity contribution is 6.04. The van der Waals surface area contributed by atoms with Crippen LogP contribution in [-0.4, -0.2) is 16.1 Å². The number of carbonyl (C=O) groups is 1. The molecule has 0 bridgehead atoms. The summed E-state index contributed by atoms with van der Waals surface area (Å²) in [6.07, 6.45) is 0. The zero-order valence-electron chi connectivity index (χ0n) is 9.84. The molecule has 0 atom stereocenters. The summed E-state index contributed by atoms with van der Waals surface area (Å²) < 4.78 is 26.5. The maximum Gasteiger partial charge on any atom is 0.259 e. The Bertz CT molecular complexity index is 607. The number of aromatic nitrogens is 2. The summed E-state index contributed by atoms with van der Waals surface area (Å²) in [5.74, 6) is -1.96. The normalized spacial score (nSPS) is 10.4. The van der Waals surface area contributed by atoms with E-state index in [9.17, 15) is 13.6 Å². The van der Waals surface area contributed by atoms with Crippen molar-refractivity contribution in [2.45, 2.75) is 13.8 Å². The molecule has 2 aromatic rings. The standard InChI is InChI=1S/C12H11F2N3O/c1-6-3-8(10(14)5-9(6)13)12(18)15-11-4-7(2)16-17-11/h3-5H,1-2H3,(H2,15,16,17,18). The minimum Gasteiger partial charge on any atom is -0.305 e. The molecule has 1 amide bonds. The molecule has 0 aliphatic heterocycles. The van der Waals surface area contributed by atoms with Crippen molar-refractivity contribution in [2.24, 2.45) is 0 Å². The fourth-order valence-corrected chi connectivity index (χ4v) is 1.50. The zero-order chi connectivity index (χ0) is 13.3. The van der Waals surface area contributed by atoms with Gasteiger partial charge >= 0.3 is 0 Å². The molecule has 94 valence electrons. The Hall–Kier alpha value is -2.24. The molecule has 2 rings (SSSR count). The van der Waals surface area contributed by atoms with Crippen LogP contribution in [0, 0.1) is 25.5 Å². The molecule has 2 N–H and O–H groups in total. The fraction of sp³-hybridized carbons (Fsp3) is 0.167. The van der Waals surface area contributed by atoms with Crippen molar-refractivity contribution < 1.29 is 13.6 Å². The number of aromatic amines is 1. The molecule has 1 heterocycles. The van der Waals surface area contributed by atoms with Crippen molar-refractivity contribution in [1.29, 1.82) is 0 Å². The van der Waals surface area contributed by atoms with Crippen LogP contribution in [0.15, 0.2) is 18.2 Å². The highest BCUT2D eigenvalue weighted by Crippen LogP contribution is 2.15. The molecule has 0 aliphatic carbocycles. The predicted octanol–water partition coefficient (Wildman–Crippen LogP) is 2.56. The first-order valence-electron chi connectivity index (χ1n) is 5.26. The Kier molecular flexibility index (Phi) is 3.10. The number of nitrogens with zero attached hydrogens (tertiary/aromatic N) is 1. The maximum absolute atomic E-state index is 13.5. The molecule has 0 aliphatic rings. The van der Waals surface area contributed by atoms with E-state index in [0.717, 1.165) is 5.69 Å². The lowest BCUT2D eigenvalue weighted by atomic mass is 10.1. The van der Waals surface area contributed by atoms with Crippen LogP contribution in [0.25, 0.3) is 0 Å². The van der Waals surface area contributed by atoms with E-state index >= 15 is 0 Å². The van der Waals surface area contributed by atoms with Crippen LogP contribution < -0.4 is 5.32 Å². The number of halogens is 2. The highest BCUT2D eigenvalue weighted by atomic mass is 19.1. The van der Waals surface area contributed by atoms with Gasteiger partial charge < -0.3 is 5.32 Å². The zero-order valence-corrected chi connectivity index (χ0v) is 9.84. The summed E-state index contributed by atoms with van der Waals surface area (Å²) in [7, 11) is 0. The molecule has 0 radical (unpaired) electrons. The SMILES string of the molecule is Cc1cc(NC(=O)c2cc(C)c(F)cc2F)n[nH]1. The van der Waals surface area contributed by atoms with E-state index in [1.165, 1.54) is 13.0 Å². The van der Waals surface area contributed by atoms with Gasteiger partial charge in [-0.1, -0.05) is 0 Å². The molecule has 18 heavy (non-hydrogen) atoms. The molecular weight excluding hydrogens is 240 g/mol. The number of hydrogen-bond acceptors (Lipinski definition) is 2. The van der Waals surface area contributed by atoms with Gasteiger partial charge in [-0.15, -0.1) is 0 Å². The van der Waals surface area contributed by atoms with Crippen LogP contribution in [0.5, 0.6) is 0 Å². The first kappa shape index (κ1) is 12.2. The Morgan fingerprint density at radius 2 is 1.94 bits per heavy atom. The number of H-pyrrole nitrogens is 1. The Labute approximate surface area is 102 Å². The van der Waals surface area contributed by atoms with Gasteiger partial charge in [-0.05, 0) is 25.5 Å². The first-order chi connectivity index (χ1) is 8.47. The van der Waals surface area contributed by atoms with Gasteiger partial charge in [0.05, 0.1) is 5.56 Å². The molecule has 0 saturated carbocycles. The van der Waals surface area contributed by atoms with Crippen molar-refractivity contribution in [2.75, 3.05) is 5.32 Å². The molecule has 0 spiro atoms. The minimum atomic E-state index is -0.900. The number of nitrogens with one attached hydrogen (secondary N) is 2. The van der Waals surface area contributed by atoms with Crippen LogP contribution in [0.2, 0.25) is 0 Å². The van der Waals surface area contributed by atoms with E-state index in [4.69, 9.17) is 0 Å². The second-order valence-corrected chi connectivity index (χ2v) is 3.97. The smallest absolute Gasteiger partial charge is 0.259 e. The summed E-state index contributed by atoms with van der Waals surface area (Å²) in [5.41, 5.74) is 0.760. The molecule has 0 fully saturated rings. The first-order valence-corrected chi connectivity index (χ1v) is 5.26. The molecule has 0 unspecified atom stereocenters. The lowest BCUT2D eigenvalue weighted by Crippen LogP contribution is -2.14. The molecule has 0 saturated heterocycles. The Morgan fingerprint density at radius 1 is 1.22 bits per heavy atom. The summed E-state index contributed by atoms with van der Waals surface area (Å²) in [4.78, 5) is 11.8. The van der Waals surface area contributed by atoms with Gasteiger partial charge in [0, 0.05) is 17.8 Å². The van der Waals surface area contributed by atoms with E-state index in [2.05, 4.69) is 15.5 Å². The molecular formula is C12H11F2N3O. The van der Waals surface area contributed by atoms with E-state index in [-0.39, 0.29) is 11.1 Å². The van der Waals surface area contributed by atoms with Crippen molar-refractivity contribution in [1.82, 2.24) is 10.2 Å². The number of aryl methyl sites for hydroxylation is 2. The van der Waals surface area contributed by atoms with E-state index in [1.807, 2.05) is 0 Å². The van der Waals surface area contributed by atoms with E-state index < -0.39 is 17.5 Å². The number of benzene rings is 1. The van der Waals surface area contributed by atoms with Crippen LogP contribution in [0.4, 0.5) is 14.6 Å². The number of anilines is 1. The number of rotatable bonds is 2. The van der Waals surface area contributed by atoms with Crippen LogP contribution in [0.1, 0.15) is 21.6 Å². The predicted molar refractivity (Wildman–Crippen MR) is 62.4 cm³/mol. The minimum absolute atomic E-state index is 0.208. The quantitative estimate of drug-likeness (QED) is 0.861. The van der Waals surface area contributed by atoms with Gasteiger partial charge in [0.15, 0.2) is 5.82 Å². The topological polar surface area (TPSA) is 57.8 Å². The van der Waals surface area contributed by atoms with Crippen molar-refractivity contribution in [3.63, 3.8) is 0 Å². The Balaban J connectivity index is 2.26. The van der Waals surface area contributed by atoms with Gasteiger partial charge in [-0.25, -0.2) is 8.78 Å². The molecule has 6 heteroatoms. The second kappa shape index (κ2) is 4.56. The van der Waals surface area contributed by atoms with E-state index in [1.54, 1.807) is 13.0 Å². The summed E-state index contributed by atoms with van der Waals surface area (Å²) >= 11 is 0.